The number of carbonyl (C=O) groups is 1. The van der Waals surface area contributed by atoms with E-state index in [0.717, 1.165) is 10.9 Å². The Bertz CT molecular complexity index is 599. The molecular weight excluding hydrogens is 387 g/mol. The minimum Gasteiger partial charge on any atom is -0.357 e. The van der Waals surface area contributed by atoms with Gasteiger partial charge >= 0.3 is 0 Å². The molecule has 0 aliphatic rings. The van der Waals surface area contributed by atoms with Crippen molar-refractivity contribution in [3.8, 4) is 0 Å². The van der Waals surface area contributed by atoms with Crippen LogP contribution in [0.25, 0.3) is 0 Å². The van der Waals surface area contributed by atoms with Crippen LogP contribution in [0.2, 0.25) is 0 Å². The van der Waals surface area contributed by atoms with Crippen molar-refractivity contribution in [2.24, 2.45) is 4.99 Å². The molecule has 1 aromatic carbocycles. The first-order valence-electron chi connectivity index (χ1n) is 8.48. The van der Waals surface area contributed by atoms with E-state index in [9.17, 15) is 9.18 Å². The number of nitrogens with one attached hydrogen (secondary N) is 3. The quantitative estimate of drug-likeness (QED) is 0.365. The zero-order valence-electron chi connectivity index (χ0n) is 15.4. The lowest BCUT2D eigenvalue weighted by Gasteiger charge is -2.20. The summed E-state index contributed by atoms with van der Waals surface area (Å²) in [4.78, 5) is 16.1. The topological polar surface area (TPSA) is 65.5 Å². The fraction of sp³-hybridized carbons (Fsp3) is 0.556. The lowest BCUT2D eigenvalue weighted by atomic mass is 10.1. The van der Waals surface area contributed by atoms with Crippen LogP contribution < -0.4 is 16.0 Å². The number of benzene rings is 1. The number of guanidine groups is 1. The first-order chi connectivity index (χ1) is 11.7. The highest BCUT2D eigenvalue weighted by atomic mass is 79.9. The fourth-order valence-electron chi connectivity index (χ4n) is 2.16. The van der Waals surface area contributed by atoms with Crippen LogP contribution in [0.3, 0.4) is 0 Å². The van der Waals surface area contributed by atoms with E-state index in [-0.39, 0.29) is 23.8 Å². The zero-order valence-corrected chi connectivity index (χ0v) is 17.0. The minimum atomic E-state index is -0.271. The largest absolute Gasteiger partial charge is 0.357 e. The van der Waals surface area contributed by atoms with Crippen molar-refractivity contribution in [1.82, 2.24) is 16.0 Å². The highest BCUT2D eigenvalue weighted by Gasteiger charge is 2.13. The Kier molecular flexibility index (Phi) is 8.89. The Balaban J connectivity index is 2.44. The second kappa shape index (κ2) is 10.4. The molecule has 1 aromatic rings. The molecule has 0 aliphatic heterocycles. The molecule has 0 aromatic heterocycles. The molecule has 0 atom stereocenters. The summed E-state index contributed by atoms with van der Waals surface area (Å²) < 4.78 is 14.5. The van der Waals surface area contributed by atoms with E-state index >= 15 is 0 Å². The normalized spacial score (nSPS) is 12.0. The van der Waals surface area contributed by atoms with Gasteiger partial charge in [0, 0.05) is 23.1 Å². The zero-order chi connectivity index (χ0) is 18.9. The van der Waals surface area contributed by atoms with Crippen LogP contribution in [0.4, 0.5) is 4.39 Å². The van der Waals surface area contributed by atoms with Crippen molar-refractivity contribution >= 4 is 27.8 Å². The number of carbonyl (C=O) groups excluding carboxylic acids is 1. The van der Waals surface area contributed by atoms with Crippen LogP contribution in [0.15, 0.2) is 27.7 Å². The maximum atomic E-state index is 13.8. The van der Waals surface area contributed by atoms with Gasteiger partial charge in [0.05, 0.1) is 0 Å². The van der Waals surface area contributed by atoms with Crippen LogP contribution >= 0.6 is 15.9 Å². The van der Waals surface area contributed by atoms with Crippen molar-refractivity contribution in [2.75, 3.05) is 19.6 Å². The van der Waals surface area contributed by atoms with E-state index in [2.05, 4.69) is 36.9 Å². The summed E-state index contributed by atoms with van der Waals surface area (Å²) in [6, 6.07) is 5.10. The van der Waals surface area contributed by atoms with E-state index in [1.807, 2.05) is 33.8 Å². The lowest BCUT2D eigenvalue weighted by molar-refractivity contribution is -0.121. The highest BCUT2D eigenvalue weighted by molar-refractivity contribution is 9.10. The van der Waals surface area contributed by atoms with Gasteiger partial charge in [0.15, 0.2) is 5.96 Å². The summed E-state index contributed by atoms with van der Waals surface area (Å²) >= 11 is 3.25. The number of nitrogens with zero attached hydrogens (tertiary/aromatic N) is 1. The van der Waals surface area contributed by atoms with Crippen LogP contribution in [0, 0.1) is 5.82 Å². The monoisotopic (exact) mass is 414 g/mol. The van der Waals surface area contributed by atoms with Gasteiger partial charge in [0.25, 0.3) is 0 Å². The van der Waals surface area contributed by atoms with E-state index < -0.39 is 0 Å². The van der Waals surface area contributed by atoms with Crippen LogP contribution in [0.5, 0.6) is 0 Å². The third-order valence-electron chi connectivity index (χ3n) is 3.17. The second-order valence-corrected chi connectivity index (χ2v) is 7.68. The molecule has 0 unspecified atom stereocenters. The van der Waals surface area contributed by atoms with Crippen molar-refractivity contribution in [3.63, 3.8) is 0 Å². The number of halogens is 2. The van der Waals surface area contributed by atoms with Crippen molar-refractivity contribution in [2.45, 2.75) is 46.1 Å². The first kappa shape index (κ1) is 21.4. The number of amides is 1. The predicted octanol–water partition coefficient (Wildman–Crippen LogP) is 2.99. The van der Waals surface area contributed by atoms with Crippen LogP contribution in [0.1, 0.15) is 39.7 Å². The third-order valence-corrected chi connectivity index (χ3v) is 3.66. The molecule has 0 spiro atoms. The van der Waals surface area contributed by atoms with Gasteiger partial charge in [-0.2, -0.15) is 0 Å². The van der Waals surface area contributed by atoms with Gasteiger partial charge in [-0.05, 0) is 58.2 Å². The molecule has 25 heavy (non-hydrogen) atoms. The summed E-state index contributed by atoms with van der Waals surface area (Å²) in [6.07, 6.45) is 1.40. The SMILES string of the molecule is CCNC(=NCC(=O)NC(C)(C)C)NCCCc1ccc(Br)cc1F. The number of rotatable bonds is 7. The molecule has 1 amide bonds. The minimum absolute atomic E-state index is 0.0634. The Morgan fingerprint density at radius 2 is 2.00 bits per heavy atom. The Morgan fingerprint density at radius 1 is 1.28 bits per heavy atom. The van der Waals surface area contributed by atoms with Crippen LogP contribution in [-0.2, 0) is 11.2 Å². The van der Waals surface area contributed by atoms with Crippen molar-refractivity contribution < 1.29 is 9.18 Å². The summed E-state index contributed by atoms with van der Waals surface area (Å²) in [5.74, 6) is 0.262. The van der Waals surface area contributed by atoms with Crippen LogP contribution in [-0.4, -0.2) is 37.0 Å². The lowest BCUT2D eigenvalue weighted by Crippen LogP contribution is -2.43. The molecule has 3 N–H and O–H groups in total. The van der Waals surface area contributed by atoms with Gasteiger partial charge in [-0.25, -0.2) is 9.38 Å². The number of hydrogen-bond donors (Lipinski definition) is 3. The predicted molar refractivity (Wildman–Crippen MR) is 104 cm³/mol. The Labute approximate surface area is 158 Å². The molecule has 5 nitrogen and oxygen atoms in total. The summed E-state index contributed by atoms with van der Waals surface area (Å²) in [5.41, 5.74) is 0.420. The molecule has 0 aliphatic carbocycles. The molecular formula is C18H28BrFN4O. The Morgan fingerprint density at radius 3 is 2.60 bits per heavy atom. The molecule has 140 valence electrons. The number of hydrogen-bond acceptors (Lipinski definition) is 2. The number of aryl methyl sites for hydroxylation is 1. The van der Waals surface area contributed by atoms with Gasteiger partial charge in [-0.1, -0.05) is 22.0 Å². The molecule has 1 rings (SSSR count). The maximum absolute atomic E-state index is 13.8. The molecule has 0 heterocycles. The molecule has 0 radical (unpaired) electrons. The molecule has 7 heteroatoms. The average molecular weight is 415 g/mol. The second-order valence-electron chi connectivity index (χ2n) is 6.76. The summed E-state index contributed by atoms with van der Waals surface area (Å²) in [5, 5.41) is 9.13. The van der Waals surface area contributed by atoms with Gasteiger partial charge < -0.3 is 16.0 Å². The molecule has 0 saturated heterocycles. The number of aliphatic imine (C=N–C) groups is 1. The average Bonchev–Trinajstić information content (AvgIpc) is 2.49. The van der Waals surface area contributed by atoms with Gasteiger partial charge in [-0.3, -0.25) is 4.79 Å². The standard InChI is InChI=1S/C18H28BrFN4O/c1-5-21-17(23-12-16(25)24-18(2,3)4)22-10-6-7-13-8-9-14(19)11-15(13)20/h8-9,11H,5-7,10,12H2,1-4H3,(H,24,25)(H2,21,22,23). The van der Waals surface area contributed by atoms with E-state index in [1.165, 1.54) is 6.07 Å². The maximum Gasteiger partial charge on any atom is 0.242 e. The Hall–Kier alpha value is -1.63. The van der Waals surface area contributed by atoms with Gasteiger partial charge in [-0.15, -0.1) is 0 Å². The highest BCUT2D eigenvalue weighted by Crippen LogP contribution is 2.16. The van der Waals surface area contributed by atoms with Gasteiger partial charge in [0.1, 0.15) is 12.4 Å². The smallest absolute Gasteiger partial charge is 0.242 e. The van der Waals surface area contributed by atoms with Gasteiger partial charge in [0.2, 0.25) is 5.91 Å². The first-order valence-corrected chi connectivity index (χ1v) is 9.27. The molecule has 0 bridgehead atoms. The van der Waals surface area contributed by atoms with E-state index in [0.29, 0.717) is 31.0 Å². The van der Waals surface area contributed by atoms with Crippen molar-refractivity contribution in [3.05, 3.63) is 34.1 Å². The molecule has 0 saturated carbocycles. The van der Waals surface area contributed by atoms with E-state index in [1.54, 1.807) is 6.07 Å². The third kappa shape index (κ3) is 9.43. The van der Waals surface area contributed by atoms with E-state index in [4.69, 9.17) is 0 Å². The molecule has 0 fully saturated rings. The fourth-order valence-corrected chi connectivity index (χ4v) is 2.49. The van der Waals surface area contributed by atoms with Crippen molar-refractivity contribution in [1.29, 1.82) is 0 Å². The summed E-state index contributed by atoms with van der Waals surface area (Å²) in [7, 11) is 0. The summed E-state index contributed by atoms with van der Waals surface area (Å²) in [6.45, 7) is 9.16.